The molecule has 0 spiro atoms. The second kappa shape index (κ2) is 4.98. The van der Waals surface area contributed by atoms with Gasteiger partial charge >= 0.3 is 0 Å². The summed E-state index contributed by atoms with van der Waals surface area (Å²) in [6.45, 7) is 1.04. The third-order valence-corrected chi connectivity index (χ3v) is 3.85. The molecule has 1 aliphatic carbocycles. The Bertz CT molecular complexity index is 322. The molecule has 2 nitrogen and oxygen atoms in total. The van der Waals surface area contributed by atoms with E-state index in [0.717, 1.165) is 19.4 Å². The molecule has 2 heteroatoms. The lowest BCUT2D eigenvalue weighted by Gasteiger charge is -2.41. The van der Waals surface area contributed by atoms with Gasteiger partial charge < -0.3 is 10.8 Å². The van der Waals surface area contributed by atoms with Crippen LogP contribution in [0, 0.1) is 5.41 Å². The minimum Gasteiger partial charge on any atom is -0.396 e. The molecule has 2 rings (SSSR count). The molecule has 1 saturated carbocycles. The van der Waals surface area contributed by atoms with Crippen molar-refractivity contribution in [3.05, 3.63) is 35.4 Å². The molecule has 88 valence electrons. The first-order chi connectivity index (χ1) is 7.78. The Morgan fingerprint density at radius 3 is 2.19 bits per heavy atom. The molecule has 0 heterocycles. The molecule has 1 aliphatic rings. The van der Waals surface area contributed by atoms with E-state index in [2.05, 4.69) is 24.3 Å². The Hall–Kier alpha value is -0.860. The Morgan fingerprint density at radius 1 is 1.12 bits per heavy atom. The summed E-state index contributed by atoms with van der Waals surface area (Å²) in [5.74, 6) is 0. The average Bonchev–Trinajstić information content (AvgIpc) is 2.26. The minimum atomic E-state index is 0.228. The maximum absolute atomic E-state index is 8.84. The Morgan fingerprint density at radius 2 is 1.75 bits per heavy atom. The second-order valence-electron chi connectivity index (χ2n) is 5.02. The molecule has 0 saturated heterocycles. The van der Waals surface area contributed by atoms with Crippen LogP contribution in [0.3, 0.4) is 0 Å². The van der Waals surface area contributed by atoms with E-state index in [1.807, 2.05) is 0 Å². The lowest BCUT2D eigenvalue weighted by Crippen LogP contribution is -2.39. The van der Waals surface area contributed by atoms with E-state index in [1.54, 1.807) is 0 Å². The summed E-state index contributed by atoms with van der Waals surface area (Å²) >= 11 is 0. The van der Waals surface area contributed by atoms with Gasteiger partial charge in [0.25, 0.3) is 0 Å². The van der Waals surface area contributed by atoms with Crippen LogP contribution >= 0.6 is 0 Å². The lowest BCUT2D eigenvalue weighted by molar-refractivity contribution is 0.145. The SMILES string of the molecule is NCC1(Cc2ccc(CCO)cc2)CCC1. The first-order valence-corrected chi connectivity index (χ1v) is 6.17. The van der Waals surface area contributed by atoms with Gasteiger partial charge in [-0.1, -0.05) is 30.7 Å². The summed E-state index contributed by atoms with van der Waals surface area (Å²) < 4.78 is 0. The van der Waals surface area contributed by atoms with Crippen LogP contribution in [-0.4, -0.2) is 18.3 Å². The van der Waals surface area contributed by atoms with Gasteiger partial charge in [-0.3, -0.25) is 0 Å². The fourth-order valence-electron chi connectivity index (χ4n) is 2.52. The first kappa shape index (κ1) is 11.6. The van der Waals surface area contributed by atoms with Crippen molar-refractivity contribution in [2.24, 2.45) is 11.1 Å². The molecule has 0 bridgehead atoms. The molecular weight excluding hydrogens is 198 g/mol. The maximum atomic E-state index is 8.84. The number of benzene rings is 1. The molecule has 1 fully saturated rings. The van der Waals surface area contributed by atoms with E-state index in [4.69, 9.17) is 10.8 Å². The molecule has 0 aliphatic heterocycles. The van der Waals surface area contributed by atoms with Gasteiger partial charge in [-0.2, -0.15) is 0 Å². The summed E-state index contributed by atoms with van der Waals surface area (Å²) in [5, 5.41) is 8.84. The van der Waals surface area contributed by atoms with Crippen LogP contribution in [0.25, 0.3) is 0 Å². The van der Waals surface area contributed by atoms with Crippen LogP contribution in [-0.2, 0) is 12.8 Å². The van der Waals surface area contributed by atoms with Crippen LogP contribution < -0.4 is 5.73 Å². The van der Waals surface area contributed by atoms with Crippen molar-refractivity contribution >= 4 is 0 Å². The number of rotatable bonds is 5. The summed E-state index contributed by atoms with van der Waals surface area (Å²) in [6.07, 6.45) is 5.76. The highest BCUT2D eigenvalue weighted by Gasteiger charge is 2.35. The molecule has 0 radical (unpaired) electrons. The van der Waals surface area contributed by atoms with Gasteiger partial charge in [-0.25, -0.2) is 0 Å². The maximum Gasteiger partial charge on any atom is 0.0471 e. The predicted molar refractivity (Wildman–Crippen MR) is 66.3 cm³/mol. The van der Waals surface area contributed by atoms with Crippen LogP contribution in [0.4, 0.5) is 0 Å². The van der Waals surface area contributed by atoms with Crippen LogP contribution in [0.2, 0.25) is 0 Å². The van der Waals surface area contributed by atoms with Crippen LogP contribution in [0.5, 0.6) is 0 Å². The van der Waals surface area contributed by atoms with Crippen LogP contribution in [0.1, 0.15) is 30.4 Å². The largest absolute Gasteiger partial charge is 0.396 e. The van der Waals surface area contributed by atoms with Crippen molar-refractivity contribution in [2.45, 2.75) is 32.1 Å². The molecule has 0 aromatic heterocycles. The highest BCUT2D eigenvalue weighted by Crippen LogP contribution is 2.42. The molecule has 0 unspecified atom stereocenters. The molecule has 0 atom stereocenters. The molecule has 3 N–H and O–H groups in total. The zero-order valence-corrected chi connectivity index (χ0v) is 9.78. The standard InChI is InChI=1S/C14H21NO/c15-11-14(7-1-8-14)10-13-4-2-12(3-5-13)6-9-16/h2-5,16H,1,6-11,15H2. The Balaban J connectivity index is 1.99. The quantitative estimate of drug-likeness (QED) is 0.794. The summed E-state index contributed by atoms with van der Waals surface area (Å²) in [4.78, 5) is 0. The summed E-state index contributed by atoms with van der Waals surface area (Å²) in [6, 6.07) is 8.60. The van der Waals surface area contributed by atoms with E-state index in [0.29, 0.717) is 5.41 Å². The summed E-state index contributed by atoms with van der Waals surface area (Å²) in [5.41, 5.74) is 8.84. The van der Waals surface area contributed by atoms with Crippen molar-refractivity contribution in [3.63, 3.8) is 0 Å². The summed E-state index contributed by atoms with van der Waals surface area (Å²) in [7, 11) is 0. The molecule has 0 amide bonds. The van der Waals surface area contributed by atoms with E-state index in [1.165, 1.54) is 30.4 Å². The van der Waals surface area contributed by atoms with Gasteiger partial charge in [0.05, 0.1) is 0 Å². The van der Waals surface area contributed by atoms with Crippen molar-refractivity contribution < 1.29 is 5.11 Å². The van der Waals surface area contributed by atoms with Gasteiger partial charge in [0.15, 0.2) is 0 Å². The Kier molecular flexibility index (Phi) is 3.62. The monoisotopic (exact) mass is 219 g/mol. The average molecular weight is 219 g/mol. The van der Waals surface area contributed by atoms with Gasteiger partial charge in [-0.15, -0.1) is 0 Å². The zero-order valence-electron chi connectivity index (χ0n) is 9.78. The molecule has 1 aromatic carbocycles. The van der Waals surface area contributed by atoms with Crippen molar-refractivity contribution in [3.8, 4) is 0 Å². The molecule has 16 heavy (non-hydrogen) atoms. The van der Waals surface area contributed by atoms with Gasteiger partial charge in [0.2, 0.25) is 0 Å². The number of aliphatic hydroxyl groups excluding tert-OH is 1. The number of hydrogen-bond acceptors (Lipinski definition) is 2. The van der Waals surface area contributed by atoms with E-state index in [-0.39, 0.29) is 6.61 Å². The zero-order chi connectivity index (χ0) is 11.4. The highest BCUT2D eigenvalue weighted by atomic mass is 16.2. The van der Waals surface area contributed by atoms with E-state index in [9.17, 15) is 0 Å². The number of nitrogens with two attached hydrogens (primary N) is 1. The third-order valence-electron chi connectivity index (χ3n) is 3.85. The lowest BCUT2D eigenvalue weighted by atomic mass is 9.65. The number of hydrogen-bond donors (Lipinski definition) is 2. The smallest absolute Gasteiger partial charge is 0.0471 e. The van der Waals surface area contributed by atoms with Crippen molar-refractivity contribution in [1.29, 1.82) is 0 Å². The topological polar surface area (TPSA) is 46.2 Å². The second-order valence-corrected chi connectivity index (χ2v) is 5.02. The van der Waals surface area contributed by atoms with E-state index < -0.39 is 0 Å². The van der Waals surface area contributed by atoms with Gasteiger partial charge in [0.1, 0.15) is 0 Å². The minimum absolute atomic E-state index is 0.228. The molecular formula is C14H21NO. The fraction of sp³-hybridized carbons (Fsp3) is 0.571. The molecule has 1 aromatic rings. The predicted octanol–water partition coefficient (Wildman–Crippen LogP) is 1.89. The van der Waals surface area contributed by atoms with Gasteiger partial charge in [-0.05, 0) is 48.8 Å². The highest BCUT2D eigenvalue weighted by molar-refractivity contribution is 5.24. The Labute approximate surface area is 97.5 Å². The van der Waals surface area contributed by atoms with Gasteiger partial charge in [0, 0.05) is 6.61 Å². The van der Waals surface area contributed by atoms with E-state index >= 15 is 0 Å². The van der Waals surface area contributed by atoms with Crippen LogP contribution in [0.15, 0.2) is 24.3 Å². The first-order valence-electron chi connectivity index (χ1n) is 6.17. The fourth-order valence-corrected chi connectivity index (χ4v) is 2.52. The van der Waals surface area contributed by atoms with Crippen molar-refractivity contribution in [1.82, 2.24) is 0 Å². The number of aliphatic hydroxyl groups is 1. The third kappa shape index (κ3) is 2.45. The normalized spacial score (nSPS) is 18.1. The van der Waals surface area contributed by atoms with Crippen molar-refractivity contribution in [2.75, 3.05) is 13.2 Å².